The van der Waals surface area contributed by atoms with Gasteiger partial charge in [0.1, 0.15) is 5.56 Å². The van der Waals surface area contributed by atoms with Gasteiger partial charge in [0.2, 0.25) is 5.91 Å². The van der Waals surface area contributed by atoms with E-state index in [0.29, 0.717) is 12.1 Å². The molecule has 0 aliphatic carbocycles. The van der Waals surface area contributed by atoms with Crippen molar-refractivity contribution in [3.05, 3.63) is 67.2 Å². The summed E-state index contributed by atoms with van der Waals surface area (Å²) in [7, 11) is 0. The number of hydrogen-bond acceptors (Lipinski definition) is 7. The van der Waals surface area contributed by atoms with Crippen molar-refractivity contribution in [1.29, 1.82) is 0 Å². The standard InChI is InChI=1S/C9H9ClN2O4.C9H7F3N2O3/c1-2-16-9(13)11-8-4-3-6(12(14)15)5-7(8)10;1-5(15)13-6-2-3-8(14(16)17)7(4-6)9(10,11)12/h3-5H,2H2,1H3,(H,11,13);2-4H,1H3,(H,13,15). The number of nitrogens with zero attached hydrogens (tertiary/aromatic N) is 2. The van der Waals surface area contributed by atoms with Gasteiger partial charge in [0.25, 0.3) is 11.4 Å². The number of benzene rings is 2. The van der Waals surface area contributed by atoms with E-state index in [1.165, 1.54) is 12.1 Å². The number of halogens is 4. The predicted octanol–water partition coefficient (Wildman–Crippen LogP) is 5.39. The van der Waals surface area contributed by atoms with E-state index in [-0.39, 0.29) is 28.7 Å². The number of nitro groups is 2. The Morgan fingerprint density at radius 2 is 1.70 bits per heavy atom. The molecule has 2 N–H and O–H groups in total. The van der Waals surface area contributed by atoms with E-state index in [4.69, 9.17) is 11.6 Å². The molecule has 0 spiro atoms. The molecule has 0 radical (unpaired) electrons. The SMILES string of the molecule is CC(=O)Nc1ccc([N+](=O)[O-])c(C(F)(F)F)c1.CCOC(=O)Nc1ccc([N+](=O)[O-])cc1Cl. The first kappa shape index (κ1) is 27.1. The Morgan fingerprint density at radius 1 is 1.06 bits per heavy atom. The fraction of sp³-hybridized carbons (Fsp3) is 0.222. The molecule has 15 heteroatoms. The summed E-state index contributed by atoms with van der Waals surface area (Å²) in [6, 6.07) is 6.01. The molecule has 0 bridgehead atoms. The number of carbonyl (C=O) groups excluding carboxylic acids is 2. The van der Waals surface area contributed by atoms with E-state index in [9.17, 15) is 43.0 Å². The average molecular weight is 493 g/mol. The summed E-state index contributed by atoms with van der Waals surface area (Å²) in [5, 5.41) is 25.4. The number of rotatable bonds is 5. The summed E-state index contributed by atoms with van der Waals surface area (Å²) in [5.41, 5.74) is -2.46. The van der Waals surface area contributed by atoms with Crippen molar-refractivity contribution in [1.82, 2.24) is 0 Å². The maximum atomic E-state index is 12.5. The highest BCUT2D eigenvalue weighted by molar-refractivity contribution is 6.33. The van der Waals surface area contributed by atoms with E-state index >= 15 is 0 Å². The van der Waals surface area contributed by atoms with Crippen molar-refractivity contribution in [3.63, 3.8) is 0 Å². The van der Waals surface area contributed by atoms with Crippen molar-refractivity contribution in [3.8, 4) is 0 Å². The van der Waals surface area contributed by atoms with Gasteiger partial charge in [0.15, 0.2) is 0 Å². The summed E-state index contributed by atoms with van der Waals surface area (Å²) in [6.45, 7) is 3.02. The van der Waals surface area contributed by atoms with Gasteiger partial charge >= 0.3 is 12.3 Å². The largest absolute Gasteiger partial charge is 0.450 e. The lowest BCUT2D eigenvalue weighted by atomic mass is 10.1. The van der Waals surface area contributed by atoms with Crippen LogP contribution >= 0.6 is 11.6 Å². The van der Waals surface area contributed by atoms with Gasteiger partial charge in [0, 0.05) is 30.8 Å². The summed E-state index contributed by atoms with van der Waals surface area (Å²) in [5.74, 6) is -0.563. The topological polar surface area (TPSA) is 154 Å². The first-order chi connectivity index (χ1) is 15.3. The molecule has 0 unspecified atom stereocenters. The molecule has 0 saturated heterocycles. The fourth-order valence-corrected chi connectivity index (χ4v) is 2.42. The highest BCUT2D eigenvalue weighted by Gasteiger charge is 2.38. The molecule has 0 aromatic heterocycles. The maximum absolute atomic E-state index is 12.5. The van der Waals surface area contributed by atoms with Crippen molar-refractivity contribution in [2.75, 3.05) is 17.2 Å². The minimum absolute atomic E-state index is 0.0854. The molecule has 2 aromatic carbocycles. The number of carbonyl (C=O) groups is 2. The van der Waals surface area contributed by atoms with Crippen LogP contribution in [-0.2, 0) is 15.7 Å². The van der Waals surface area contributed by atoms with E-state index in [1.807, 2.05) is 0 Å². The lowest BCUT2D eigenvalue weighted by molar-refractivity contribution is -0.388. The minimum Gasteiger partial charge on any atom is -0.450 e. The van der Waals surface area contributed by atoms with Crippen LogP contribution in [0.15, 0.2) is 36.4 Å². The number of alkyl halides is 3. The van der Waals surface area contributed by atoms with Crippen LogP contribution in [0, 0.1) is 20.2 Å². The van der Waals surface area contributed by atoms with Gasteiger partial charge in [-0.05, 0) is 25.1 Å². The molecule has 0 heterocycles. The molecule has 2 rings (SSSR count). The van der Waals surface area contributed by atoms with Crippen LogP contribution < -0.4 is 10.6 Å². The smallest absolute Gasteiger partial charge is 0.423 e. The number of nitrogens with one attached hydrogen (secondary N) is 2. The number of ether oxygens (including phenoxy) is 1. The molecule has 2 aromatic rings. The van der Waals surface area contributed by atoms with Crippen LogP contribution in [0.2, 0.25) is 5.02 Å². The zero-order valence-corrected chi connectivity index (χ0v) is 17.7. The molecule has 0 aliphatic rings. The summed E-state index contributed by atoms with van der Waals surface area (Å²) < 4.78 is 42.2. The van der Waals surface area contributed by atoms with Crippen LogP contribution in [0.25, 0.3) is 0 Å². The second kappa shape index (κ2) is 11.6. The van der Waals surface area contributed by atoms with E-state index in [2.05, 4.69) is 15.4 Å². The summed E-state index contributed by atoms with van der Waals surface area (Å²) in [4.78, 5) is 40.9. The van der Waals surface area contributed by atoms with Crippen LogP contribution in [0.5, 0.6) is 0 Å². The quantitative estimate of drug-likeness (QED) is 0.419. The summed E-state index contributed by atoms with van der Waals surface area (Å²) in [6.07, 6.45) is -5.50. The number of nitro benzene ring substituents is 2. The molecular formula is C18H16ClF3N4O7. The highest BCUT2D eigenvalue weighted by atomic mass is 35.5. The molecule has 0 saturated carbocycles. The Balaban J connectivity index is 0.000000331. The van der Waals surface area contributed by atoms with Gasteiger partial charge in [-0.3, -0.25) is 30.3 Å². The van der Waals surface area contributed by atoms with Crippen LogP contribution in [-0.4, -0.2) is 28.5 Å². The van der Waals surface area contributed by atoms with E-state index in [1.54, 1.807) is 6.92 Å². The maximum Gasteiger partial charge on any atom is 0.423 e. The lowest BCUT2D eigenvalue weighted by Crippen LogP contribution is -2.13. The number of non-ortho nitro benzene ring substituents is 1. The Bertz CT molecular complexity index is 1060. The third-order valence-corrected chi connectivity index (χ3v) is 3.81. The van der Waals surface area contributed by atoms with E-state index < -0.39 is 39.3 Å². The van der Waals surface area contributed by atoms with Gasteiger partial charge in [-0.15, -0.1) is 0 Å². The van der Waals surface area contributed by atoms with Gasteiger partial charge in [0.05, 0.1) is 27.2 Å². The second-order valence-corrected chi connectivity index (χ2v) is 6.34. The fourth-order valence-electron chi connectivity index (χ4n) is 2.20. The average Bonchev–Trinajstić information content (AvgIpc) is 2.68. The first-order valence-corrected chi connectivity index (χ1v) is 9.15. The van der Waals surface area contributed by atoms with Crippen molar-refractivity contribution >= 4 is 46.4 Å². The second-order valence-electron chi connectivity index (χ2n) is 5.93. The minimum atomic E-state index is -4.85. The molecule has 2 amide bonds. The third-order valence-electron chi connectivity index (χ3n) is 3.49. The first-order valence-electron chi connectivity index (χ1n) is 8.77. The van der Waals surface area contributed by atoms with Gasteiger partial charge < -0.3 is 10.1 Å². The molecular weight excluding hydrogens is 477 g/mol. The number of anilines is 2. The normalized spacial score (nSPS) is 10.4. The van der Waals surface area contributed by atoms with Gasteiger partial charge in [-0.2, -0.15) is 13.2 Å². The number of hydrogen-bond donors (Lipinski definition) is 2. The zero-order chi connectivity index (χ0) is 25.3. The Hall–Kier alpha value is -3.94. The number of amides is 2. The van der Waals surface area contributed by atoms with Crippen LogP contribution in [0.4, 0.5) is 40.7 Å². The van der Waals surface area contributed by atoms with Gasteiger partial charge in [-0.1, -0.05) is 11.6 Å². The molecule has 0 atom stereocenters. The summed E-state index contributed by atoms with van der Waals surface area (Å²) >= 11 is 5.74. The van der Waals surface area contributed by atoms with Crippen molar-refractivity contribution < 1.29 is 37.3 Å². The monoisotopic (exact) mass is 492 g/mol. The van der Waals surface area contributed by atoms with Crippen LogP contribution in [0.1, 0.15) is 19.4 Å². The zero-order valence-electron chi connectivity index (χ0n) is 16.9. The third kappa shape index (κ3) is 8.60. The van der Waals surface area contributed by atoms with E-state index in [0.717, 1.165) is 19.1 Å². The Morgan fingerprint density at radius 3 is 2.15 bits per heavy atom. The molecule has 33 heavy (non-hydrogen) atoms. The Labute approximate surface area is 188 Å². The molecule has 0 fully saturated rings. The van der Waals surface area contributed by atoms with Gasteiger partial charge in [-0.25, -0.2) is 4.79 Å². The Kier molecular flexibility index (Phi) is 9.54. The van der Waals surface area contributed by atoms with Crippen molar-refractivity contribution in [2.24, 2.45) is 0 Å². The lowest BCUT2D eigenvalue weighted by Gasteiger charge is -2.09. The molecule has 11 nitrogen and oxygen atoms in total. The van der Waals surface area contributed by atoms with Crippen LogP contribution in [0.3, 0.4) is 0 Å². The van der Waals surface area contributed by atoms with Crippen molar-refractivity contribution in [2.45, 2.75) is 20.0 Å². The predicted molar refractivity (Wildman–Crippen MR) is 111 cm³/mol. The molecule has 0 aliphatic heterocycles. The highest BCUT2D eigenvalue weighted by Crippen LogP contribution is 2.37. The molecule has 178 valence electrons.